The third kappa shape index (κ3) is 2.81. The van der Waals surface area contributed by atoms with Gasteiger partial charge in [-0.1, -0.05) is 20.8 Å². The Bertz CT molecular complexity index is 624. The average Bonchev–Trinajstić information content (AvgIpc) is 2.83. The van der Waals surface area contributed by atoms with Crippen molar-refractivity contribution in [1.82, 2.24) is 14.1 Å². The number of aliphatic hydroxyl groups excluding tert-OH is 1. The van der Waals surface area contributed by atoms with Crippen molar-refractivity contribution >= 4 is 10.0 Å². The summed E-state index contributed by atoms with van der Waals surface area (Å²) in [4.78, 5) is 0.354. The standard InChI is InChI=1S/C15H27N3O3S/c1-5-12-15(13(6-2)17(4)16-12)22(20,21)18-9-7-8-11(3)14(18)10-19/h11,14,19H,5-10H2,1-4H3. The van der Waals surface area contributed by atoms with Gasteiger partial charge in [0.25, 0.3) is 0 Å². The molecule has 1 aliphatic rings. The molecule has 7 heteroatoms. The highest BCUT2D eigenvalue weighted by Crippen LogP contribution is 2.32. The number of piperidine rings is 1. The molecule has 1 saturated heterocycles. The molecule has 0 aromatic carbocycles. The minimum atomic E-state index is -3.63. The number of sulfonamides is 1. The fourth-order valence-corrected chi connectivity index (χ4v) is 5.71. The summed E-state index contributed by atoms with van der Waals surface area (Å²) < 4.78 is 29.6. The second-order valence-electron chi connectivity index (χ2n) is 6.04. The number of nitrogens with zero attached hydrogens (tertiary/aromatic N) is 3. The smallest absolute Gasteiger partial charge is 0.247 e. The van der Waals surface area contributed by atoms with Gasteiger partial charge in [-0.2, -0.15) is 9.40 Å². The third-order valence-electron chi connectivity index (χ3n) is 4.67. The van der Waals surface area contributed by atoms with Crippen LogP contribution in [-0.2, 0) is 29.9 Å². The van der Waals surface area contributed by atoms with Crippen LogP contribution in [0.4, 0.5) is 0 Å². The number of aliphatic hydroxyl groups is 1. The summed E-state index contributed by atoms with van der Waals surface area (Å²) >= 11 is 0. The van der Waals surface area contributed by atoms with Crippen molar-refractivity contribution in [3.05, 3.63) is 11.4 Å². The zero-order chi connectivity index (χ0) is 16.5. The van der Waals surface area contributed by atoms with E-state index in [-0.39, 0.29) is 18.6 Å². The summed E-state index contributed by atoms with van der Waals surface area (Å²) in [5.74, 6) is 0.167. The molecule has 2 unspecified atom stereocenters. The van der Waals surface area contributed by atoms with Gasteiger partial charge in [-0.05, 0) is 31.6 Å². The lowest BCUT2D eigenvalue weighted by atomic mass is 9.93. The fraction of sp³-hybridized carbons (Fsp3) is 0.800. The molecule has 2 atom stereocenters. The van der Waals surface area contributed by atoms with Crippen LogP contribution < -0.4 is 0 Å². The average molecular weight is 329 g/mol. The lowest BCUT2D eigenvalue weighted by Crippen LogP contribution is -2.49. The van der Waals surface area contributed by atoms with Crippen LogP contribution in [-0.4, -0.2) is 46.8 Å². The first-order valence-corrected chi connectivity index (χ1v) is 9.49. The predicted molar refractivity (Wildman–Crippen MR) is 85.1 cm³/mol. The molecule has 0 aliphatic carbocycles. The Kier molecular flexibility index (Phi) is 5.29. The molecule has 6 nitrogen and oxygen atoms in total. The number of hydrogen-bond donors (Lipinski definition) is 1. The molecule has 0 amide bonds. The zero-order valence-electron chi connectivity index (χ0n) is 13.9. The molecule has 1 N–H and O–H groups in total. The van der Waals surface area contributed by atoms with Gasteiger partial charge in [0.1, 0.15) is 4.90 Å². The lowest BCUT2D eigenvalue weighted by Gasteiger charge is -2.38. The highest BCUT2D eigenvalue weighted by molar-refractivity contribution is 7.89. The Hall–Kier alpha value is -0.920. The quantitative estimate of drug-likeness (QED) is 0.884. The summed E-state index contributed by atoms with van der Waals surface area (Å²) in [5, 5.41) is 14.1. The molecule has 0 radical (unpaired) electrons. The van der Waals surface area contributed by atoms with Crippen molar-refractivity contribution in [2.24, 2.45) is 13.0 Å². The molecule has 1 aromatic heterocycles. The van der Waals surface area contributed by atoms with Gasteiger partial charge < -0.3 is 5.11 Å². The molecule has 2 rings (SSSR count). The highest BCUT2D eigenvalue weighted by atomic mass is 32.2. The molecule has 2 heterocycles. The van der Waals surface area contributed by atoms with Crippen LogP contribution in [0, 0.1) is 5.92 Å². The van der Waals surface area contributed by atoms with Crippen LogP contribution in [0.15, 0.2) is 4.90 Å². The molecule has 1 fully saturated rings. The maximum Gasteiger partial charge on any atom is 0.247 e. The van der Waals surface area contributed by atoms with Crippen molar-refractivity contribution in [3.8, 4) is 0 Å². The third-order valence-corrected chi connectivity index (χ3v) is 6.73. The molecular weight excluding hydrogens is 302 g/mol. The van der Waals surface area contributed by atoms with Crippen LogP contribution in [0.25, 0.3) is 0 Å². The van der Waals surface area contributed by atoms with Crippen LogP contribution in [0.1, 0.15) is 45.0 Å². The van der Waals surface area contributed by atoms with Gasteiger partial charge in [-0.15, -0.1) is 0 Å². The first kappa shape index (κ1) is 17.4. The van der Waals surface area contributed by atoms with Crippen molar-refractivity contribution < 1.29 is 13.5 Å². The van der Waals surface area contributed by atoms with E-state index >= 15 is 0 Å². The molecule has 1 aliphatic heterocycles. The number of aryl methyl sites for hydroxylation is 2. The largest absolute Gasteiger partial charge is 0.395 e. The van der Waals surface area contributed by atoms with E-state index in [1.54, 1.807) is 11.7 Å². The van der Waals surface area contributed by atoms with Gasteiger partial charge in [0.15, 0.2) is 0 Å². The molecule has 22 heavy (non-hydrogen) atoms. The number of aromatic nitrogens is 2. The molecule has 1 aromatic rings. The van der Waals surface area contributed by atoms with Crippen LogP contribution in [0.3, 0.4) is 0 Å². The van der Waals surface area contributed by atoms with Gasteiger partial charge in [0, 0.05) is 13.6 Å². The second-order valence-corrected chi connectivity index (χ2v) is 7.87. The summed E-state index contributed by atoms with van der Waals surface area (Å²) in [6.07, 6.45) is 2.98. The normalized spacial score (nSPS) is 23.9. The van der Waals surface area contributed by atoms with Crippen molar-refractivity contribution in [3.63, 3.8) is 0 Å². The minimum absolute atomic E-state index is 0.135. The summed E-state index contributed by atoms with van der Waals surface area (Å²) in [6, 6.07) is -0.339. The van der Waals surface area contributed by atoms with Gasteiger partial charge in [-0.25, -0.2) is 8.42 Å². The Morgan fingerprint density at radius 1 is 1.32 bits per heavy atom. The monoisotopic (exact) mass is 329 g/mol. The first-order chi connectivity index (χ1) is 10.4. The molecular formula is C15H27N3O3S. The highest BCUT2D eigenvalue weighted by Gasteiger charge is 2.39. The maximum absolute atomic E-state index is 13.2. The Labute approximate surface area is 133 Å². The first-order valence-electron chi connectivity index (χ1n) is 8.05. The van der Waals surface area contributed by atoms with E-state index < -0.39 is 10.0 Å². The van der Waals surface area contributed by atoms with Crippen LogP contribution in [0.2, 0.25) is 0 Å². The molecule has 126 valence electrons. The van der Waals surface area contributed by atoms with E-state index in [0.29, 0.717) is 30.0 Å². The number of rotatable bonds is 5. The summed E-state index contributed by atoms with van der Waals surface area (Å²) in [5.41, 5.74) is 1.36. The van der Waals surface area contributed by atoms with Gasteiger partial charge >= 0.3 is 0 Å². The van der Waals surface area contributed by atoms with Gasteiger partial charge in [0.05, 0.1) is 24.0 Å². The predicted octanol–water partition coefficient (Wildman–Crippen LogP) is 1.33. The molecule has 0 spiro atoms. The number of hydrogen-bond acceptors (Lipinski definition) is 4. The van der Waals surface area contributed by atoms with Crippen molar-refractivity contribution in [2.45, 2.75) is 57.4 Å². The van der Waals surface area contributed by atoms with Crippen LogP contribution in [0.5, 0.6) is 0 Å². The van der Waals surface area contributed by atoms with E-state index in [1.165, 1.54) is 4.31 Å². The summed E-state index contributed by atoms with van der Waals surface area (Å²) in [6.45, 7) is 6.21. The topological polar surface area (TPSA) is 75.4 Å². The van der Waals surface area contributed by atoms with E-state index in [4.69, 9.17) is 0 Å². The van der Waals surface area contributed by atoms with Crippen molar-refractivity contribution in [1.29, 1.82) is 0 Å². The van der Waals surface area contributed by atoms with E-state index in [9.17, 15) is 13.5 Å². The van der Waals surface area contributed by atoms with E-state index in [1.807, 2.05) is 20.8 Å². The Morgan fingerprint density at radius 2 is 2.00 bits per heavy atom. The summed E-state index contributed by atoms with van der Waals surface area (Å²) in [7, 11) is -1.84. The van der Waals surface area contributed by atoms with E-state index in [0.717, 1.165) is 18.5 Å². The SMILES string of the molecule is CCc1nn(C)c(CC)c1S(=O)(=O)N1CCCC(C)C1CO. The minimum Gasteiger partial charge on any atom is -0.395 e. The fourth-order valence-electron chi connectivity index (χ4n) is 3.42. The second kappa shape index (κ2) is 6.68. The lowest BCUT2D eigenvalue weighted by molar-refractivity contribution is 0.113. The Balaban J connectivity index is 2.54. The van der Waals surface area contributed by atoms with Crippen LogP contribution >= 0.6 is 0 Å². The van der Waals surface area contributed by atoms with Gasteiger partial charge in [0.2, 0.25) is 10.0 Å². The van der Waals surface area contributed by atoms with E-state index in [2.05, 4.69) is 5.10 Å². The maximum atomic E-state index is 13.2. The Morgan fingerprint density at radius 3 is 2.55 bits per heavy atom. The molecule has 0 saturated carbocycles. The van der Waals surface area contributed by atoms with Gasteiger partial charge in [-0.3, -0.25) is 4.68 Å². The zero-order valence-corrected chi connectivity index (χ0v) is 14.7. The van der Waals surface area contributed by atoms with Crippen molar-refractivity contribution in [2.75, 3.05) is 13.2 Å². The molecule has 0 bridgehead atoms.